The molecule has 0 aromatic heterocycles. The number of benzene rings is 1. The molecule has 1 saturated heterocycles. The van der Waals surface area contributed by atoms with Crippen LogP contribution in [0.3, 0.4) is 0 Å². The first-order valence-electron chi connectivity index (χ1n) is 6.41. The summed E-state index contributed by atoms with van der Waals surface area (Å²) in [4.78, 5) is 2.34. The number of hydrogen-bond donors (Lipinski definition) is 1. The third kappa shape index (κ3) is 2.76. The third-order valence-electron chi connectivity index (χ3n) is 3.67. The van der Waals surface area contributed by atoms with Gasteiger partial charge in [0, 0.05) is 33.2 Å². The van der Waals surface area contributed by atoms with Crippen molar-refractivity contribution in [3.63, 3.8) is 0 Å². The minimum absolute atomic E-state index is 0.0831. The van der Waals surface area contributed by atoms with Crippen molar-refractivity contribution in [3.8, 4) is 0 Å². The van der Waals surface area contributed by atoms with E-state index in [1.54, 1.807) is 14.2 Å². The standard InChI is InChI=1S/C14H22N2O2/c1-17-14(18-2)11-7-9-16(10-8-11)13-6-4-3-5-12(13)15/h3-6,11,14H,7-10,15H2,1-2H3. The second-order valence-electron chi connectivity index (χ2n) is 4.72. The Labute approximate surface area is 109 Å². The fourth-order valence-electron chi connectivity index (χ4n) is 2.67. The Morgan fingerprint density at radius 1 is 1.17 bits per heavy atom. The molecule has 0 atom stereocenters. The topological polar surface area (TPSA) is 47.7 Å². The second-order valence-corrected chi connectivity index (χ2v) is 4.72. The van der Waals surface area contributed by atoms with Crippen LogP contribution in [0.2, 0.25) is 0 Å². The monoisotopic (exact) mass is 250 g/mol. The van der Waals surface area contributed by atoms with Crippen molar-refractivity contribution in [2.75, 3.05) is 37.9 Å². The summed E-state index contributed by atoms with van der Waals surface area (Å²) in [6.45, 7) is 2.00. The first-order chi connectivity index (χ1) is 8.76. The molecule has 1 aromatic carbocycles. The summed E-state index contributed by atoms with van der Waals surface area (Å²) in [6.07, 6.45) is 2.06. The van der Waals surface area contributed by atoms with Crippen LogP contribution in [-0.2, 0) is 9.47 Å². The molecule has 2 rings (SSSR count). The maximum atomic E-state index is 6.01. The minimum atomic E-state index is -0.0831. The van der Waals surface area contributed by atoms with Crippen molar-refractivity contribution >= 4 is 11.4 Å². The van der Waals surface area contributed by atoms with Gasteiger partial charge in [0.1, 0.15) is 0 Å². The van der Waals surface area contributed by atoms with E-state index in [1.807, 2.05) is 18.2 Å². The van der Waals surface area contributed by atoms with Gasteiger partial charge in [-0.1, -0.05) is 12.1 Å². The van der Waals surface area contributed by atoms with Crippen molar-refractivity contribution in [2.45, 2.75) is 19.1 Å². The molecule has 1 fully saturated rings. The Morgan fingerprint density at radius 2 is 1.78 bits per heavy atom. The van der Waals surface area contributed by atoms with Gasteiger partial charge in [-0.05, 0) is 25.0 Å². The first kappa shape index (κ1) is 13.2. The predicted octanol–water partition coefficient (Wildman–Crippen LogP) is 2.10. The molecule has 1 aliphatic heterocycles. The van der Waals surface area contributed by atoms with Gasteiger partial charge in [-0.15, -0.1) is 0 Å². The number of methoxy groups -OCH3 is 2. The van der Waals surface area contributed by atoms with Crippen LogP contribution < -0.4 is 10.6 Å². The zero-order valence-electron chi connectivity index (χ0n) is 11.1. The molecule has 0 aliphatic carbocycles. The highest BCUT2D eigenvalue weighted by Crippen LogP contribution is 2.29. The lowest BCUT2D eigenvalue weighted by Gasteiger charge is -2.36. The van der Waals surface area contributed by atoms with Gasteiger partial charge in [0.05, 0.1) is 11.4 Å². The van der Waals surface area contributed by atoms with Gasteiger partial charge in [0.15, 0.2) is 6.29 Å². The van der Waals surface area contributed by atoms with Crippen LogP contribution in [-0.4, -0.2) is 33.6 Å². The van der Waals surface area contributed by atoms with Crippen molar-refractivity contribution < 1.29 is 9.47 Å². The van der Waals surface area contributed by atoms with Gasteiger partial charge in [0.25, 0.3) is 0 Å². The van der Waals surface area contributed by atoms with Gasteiger partial charge in [-0.2, -0.15) is 0 Å². The summed E-state index contributed by atoms with van der Waals surface area (Å²) in [5.74, 6) is 0.473. The summed E-state index contributed by atoms with van der Waals surface area (Å²) >= 11 is 0. The van der Waals surface area contributed by atoms with Crippen molar-refractivity contribution in [3.05, 3.63) is 24.3 Å². The van der Waals surface area contributed by atoms with E-state index in [0.29, 0.717) is 5.92 Å². The number of ether oxygens (including phenoxy) is 2. The normalized spacial score (nSPS) is 17.4. The molecule has 1 aliphatic rings. The maximum absolute atomic E-state index is 6.01. The maximum Gasteiger partial charge on any atom is 0.159 e. The van der Waals surface area contributed by atoms with Crippen LogP contribution in [0.4, 0.5) is 11.4 Å². The van der Waals surface area contributed by atoms with Crippen LogP contribution >= 0.6 is 0 Å². The Hall–Kier alpha value is -1.26. The minimum Gasteiger partial charge on any atom is -0.397 e. The van der Waals surface area contributed by atoms with Gasteiger partial charge in [-0.25, -0.2) is 0 Å². The lowest BCUT2D eigenvalue weighted by molar-refractivity contribution is -0.141. The smallest absolute Gasteiger partial charge is 0.159 e. The van der Waals surface area contributed by atoms with E-state index < -0.39 is 0 Å². The number of hydrogen-bond acceptors (Lipinski definition) is 4. The molecule has 1 heterocycles. The summed E-state index contributed by atoms with van der Waals surface area (Å²) in [5.41, 5.74) is 8.00. The summed E-state index contributed by atoms with van der Waals surface area (Å²) < 4.78 is 10.7. The number of piperidine rings is 1. The van der Waals surface area contributed by atoms with Crippen LogP contribution in [0, 0.1) is 5.92 Å². The zero-order valence-corrected chi connectivity index (χ0v) is 11.1. The zero-order chi connectivity index (χ0) is 13.0. The van der Waals surface area contributed by atoms with E-state index in [2.05, 4.69) is 11.0 Å². The Bertz CT molecular complexity index is 372. The highest BCUT2D eigenvalue weighted by atomic mass is 16.7. The quantitative estimate of drug-likeness (QED) is 0.656. The molecule has 0 spiro atoms. The Kier molecular flexibility index (Phi) is 4.44. The first-order valence-corrected chi connectivity index (χ1v) is 6.41. The lowest BCUT2D eigenvalue weighted by Crippen LogP contribution is -2.39. The largest absolute Gasteiger partial charge is 0.397 e. The van der Waals surface area contributed by atoms with Gasteiger partial charge >= 0.3 is 0 Å². The van der Waals surface area contributed by atoms with Crippen LogP contribution in [0.1, 0.15) is 12.8 Å². The number of anilines is 2. The molecule has 1 aromatic rings. The molecule has 4 nitrogen and oxygen atoms in total. The molecule has 4 heteroatoms. The molecular formula is C14H22N2O2. The number of nitrogen functional groups attached to an aromatic ring is 1. The number of nitrogens with zero attached hydrogens (tertiary/aromatic N) is 1. The van der Waals surface area contributed by atoms with Gasteiger partial charge in [0.2, 0.25) is 0 Å². The van der Waals surface area contributed by atoms with Gasteiger partial charge < -0.3 is 20.1 Å². The van der Waals surface area contributed by atoms with Crippen molar-refractivity contribution in [1.29, 1.82) is 0 Å². The van der Waals surface area contributed by atoms with E-state index in [1.165, 1.54) is 0 Å². The molecule has 2 N–H and O–H groups in total. The van der Waals surface area contributed by atoms with Crippen LogP contribution in [0.5, 0.6) is 0 Å². The lowest BCUT2D eigenvalue weighted by atomic mass is 9.95. The second kappa shape index (κ2) is 6.07. The van der Waals surface area contributed by atoms with E-state index in [4.69, 9.17) is 15.2 Å². The molecular weight excluding hydrogens is 228 g/mol. The van der Waals surface area contributed by atoms with E-state index >= 15 is 0 Å². The summed E-state index contributed by atoms with van der Waals surface area (Å²) in [6, 6.07) is 8.04. The molecule has 0 radical (unpaired) electrons. The predicted molar refractivity (Wildman–Crippen MR) is 73.6 cm³/mol. The van der Waals surface area contributed by atoms with Crippen molar-refractivity contribution in [1.82, 2.24) is 0 Å². The molecule has 0 amide bonds. The molecule has 100 valence electrons. The van der Waals surface area contributed by atoms with Crippen LogP contribution in [0.15, 0.2) is 24.3 Å². The highest BCUT2D eigenvalue weighted by Gasteiger charge is 2.26. The number of nitrogens with two attached hydrogens (primary N) is 1. The van der Waals surface area contributed by atoms with Crippen LogP contribution in [0.25, 0.3) is 0 Å². The Morgan fingerprint density at radius 3 is 2.33 bits per heavy atom. The van der Waals surface area contributed by atoms with E-state index in [-0.39, 0.29) is 6.29 Å². The number of para-hydroxylation sites is 2. The summed E-state index contributed by atoms with van der Waals surface area (Å²) in [5, 5.41) is 0. The molecule has 0 bridgehead atoms. The average Bonchev–Trinajstić information content (AvgIpc) is 2.42. The number of rotatable bonds is 4. The average molecular weight is 250 g/mol. The van der Waals surface area contributed by atoms with E-state index in [9.17, 15) is 0 Å². The summed E-state index contributed by atoms with van der Waals surface area (Å²) in [7, 11) is 3.41. The van der Waals surface area contributed by atoms with Crippen molar-refractivity contribution in [2.24, 2.45) is 5.92 Å². The fraction of sp³-hybridized carbons (Fsp3) is 0.571. The van der Waals surface area contributed by atoms with Gasteiger partial charge in [-0.3, -0.25) is 0 Å². The Balaban J connectivity index is 1.96. The highest BCUT2D eigenvalue weighted by molar-refractivity contribution is 5.67. The fourth-order valence-corrected chi connectivity index (χ4v) is 2.67. The third-order valence-corrected chi connectivity index (χ3v) is 3.67. The van der Waals surface area contributed by atoms with E-state index in [0.717, 1.165) is 37.3 Å². The molecule has 0 unspecified atom stereocenters. The molecule has 0 saturated carbocycles. The molecule has 18 heavy (non-hydrogen) atoms. The SMILES string of the molecule is COC(OC)C1CCN(c2ccccc2N)CC1.